The molecular formula is C14H10Cl3FO. The van der Waals surface area contributed by atoms with E-state index in [1.54, 1.807) is 30.3 Å². The van der Waals surface area contributed by atoms with Gasteiger partial charge in [0.05, 0.1) is 17.5 Å². The van der Waals surface area contributed by atoms with Crippen LogP contribution in [0.5, 0.6) is 5.75 Å². The molecule has 5 heteroatoms. The molecule has 0 aliphatic heterocycles. The summed E-state index contributed by atoms with van der Waals surface area (Å²) in [5.74, 6) is 0.00923. The molecule has 100 valence electrons. The van der Waals surface area contributed by atoms with Crippen molar-refractivity contribution in [2.45, 2.75) is 5.38 Å². The van der Waals surface area contributed by atoms with Crippen LogP contribution in [0.3, 0.4) is 0 Å². The lowest BCUT2D eigenvalue weighted by atomic mass is 10.0. The molecule has 0 bridgehead atoms. The molecule has 2 rings (SSSR count). The van der Waals surface area contributed by atoms with Crippen LogP contribution >= 0.6 is 34.8 Å². The van der Waals surface area contributed by atoms with Crippen LogP contribution in [0, 0.1) is 5.82 Å². The fourth-order valence-electron chi connectivity index (χ4n) is 1.79. The number of hydrogen-bond donors (Lipinski definition) is 0. The van der Waals surface area contributed by atoms with Gasteiger partial charge in [0.25, 0.3) is 0 Å². The second-order valence-electron chi connectivity index (χ2n) is 3.89. The van der Waals surface area contributed by atoms with E-state index < -0.39 is 11.2 Å². The standard InChI is InChI=1S/C14H10Cl3FO/c1-19-12-6-5-8(15)7-10(12)13(17)9-3-2-4-11(16)14(9)18/h2-7,13H,1H3. The van der Waals surface area contributed by atoms with Gasteiger partial charge < -0.3 is 4.74 Å². The lowest BCUT2D eigenvalue weighted by molar-refractivity contribution is 0.410. The van der Waals surface area contributed by atoms with Gasteiger partial charge in [0.15, 0.2) is 0 Å². The molecule has 0 spiro atoms. The molecular weight excluding hydrogens is 310 g/mol. The maximum Gasteiger partial charge on any atom is 0.146 e. The highest BCUT2D eigenvalue weighted by Gasteiger charge is 2.20. The number of rotatable bonds is 3. The summed E-state index contributed by atoms with van der Waals surface area (Å²) in [5.41, 5.74) is 0.882. The average Bonchev–Trinajstić information content (AvgIpc) is 2.41. The number of halogens is 4. The molecule has 1 unspecified atom stereocenters. The summed E-state index contributed by atoms with van der Waals surface area (Å²) in [6, 6.07) is 9.72. The second-order valence-corrected chi connectivity index (χ2v) is 5.17. The van der Waals surface area contributed by atoms with Gasteiger partial charge in [-0.2, -0.15) is 0 Å². The molecule has 1 nitrogen and oxygen atoms in total. The summed E-state index contributed by atoms with van der Waals surface area (Å²) >= 11 is 18.0. The van der Waals surface area contributed by atoms with Crippen LogP contribution in [0.15, 0.2) is 36.4 Å². The van der Waals surface area contributed by atoms with Gasteiger partial charge in [-0.3, -0.25) is 0 Å². The zero-order valence-electron chi connectivity index (χ0n) is 9.96. The van der Waals surface area contributed by atoms with Crippen LogP contribution in [0.1, 0.15) is 16.5 Å². The van der Waals surface area contributed by atoms with E-state index in [0.717, 1.165) is 0 Å². The topological polar surface area (TPSA) is 9.23 Å². The van der Waals surface area contributed by atoms with Gasteiger partial charge in [-0.05, 0) is 24.3 Å². The lowest BCUT2D eigenvalue weighted by Crippen LogP contribution is -2.00. The SMILES string of the molecule is COc1ccc(Cl)cc1C(Cl)c1cccc(Cl)c1F. The van der Waals surface area contributed by atoms with E-state index in [-0.39, 0.29) is 10.6 Å². The number of benzene rings is 2. The summed E-state index contributed by atoms with van der Waals surface area (Å²) in [4.78, 5) is 0. The molecule has 0 saturated carbocycles. The molecule has 1 atom stereocenters. The minimum Gasteiger partial charge on any atom is -0.496 e. The third-order valence-corrected chi connectivity index (χ3v) is 3.72. The Morgan fingerprint density at radius 1 is 1.11 bits per heavy atom. The minimum atomic E-state index is -0.729. The van der Waals surface area contributed by atoms with Crippen molar-refractivity contribution < 1.29 is 9.13 Å². The third-order valence-electron chi connectivity index (χ3n) is 2.72. The molecule has 19 heavy (non-hydrogen) atoms. The zero-order chi connectivity index (χ0) is 14.0. The first kappa shape index (κ1) is 14.4. The van der Waals surface area contributed by atoms with E-state index >= 15 is 0 Å². The molecule has 0 N–H and O–H groups in total. The van der Waals surface area contributed by atoms with Crippen LogP contribution in [0.4, 0.5) is 4.39 Å². The zero-order valence-corrected chi connectivity index (χ0v) is 12.2. The van der Waals surface area contributed by atoms with Gasteiger partial charge in [0.2, 0.25) is 0 Å². The molecule has 0 aliphatic carbocycles. The Morgan fingerprint density at radius 2 is 1.84 bits per heavy atom. The molecule has 0 heterocycles. The quantitative estimate of drug-likeness (QED) is 0.682. The molecule has 0 aromatic heterocycles. The first-order valence-electron chi connectivity index (χ1n) is 5.46. The van der Waals surface area contributed by atoms with E-state index in [1.165, 1.54) is 13.2 Å². The molecule has 0 aliphatic rings. The van der Waals surface area contributed by atoms with Gasteiger partial charge in [-0.15, -0.1) is 11.6 Å². The van der Waals surface area contributed by atoms with Crippen LogP contribution < -0.4 is 4.74 Å². The third kappa shape index (κ3) is 2.97. The monoisotopic (exact) mass is 318 g/mol. The number of ether oxygens (including phenoxy) is 1. The molecule has 2 aromatic rings. The van der Waals surface area contributed by atoms with Crippen LogP contribution in [-0.4, -0.2) is 7.11 Å². The molecule has 0 radical (unpaired) electrons. The van der Waals surface area contributed by atoms with Gasteiger partial charge in [-0.1, -0.05) is 35.3 Å². The summed E-state index contributed by atoms with van der Waals surface area (Å²) in [6.45, 7) is 0. The van der Waals surface area contributed by atoms with Crippen molar-refractivity contribution in [1.29, 1.82) is 0 Å². The van der Waals surface area contributed by atoms with Gasteiger partial charge in [-0.25, -0.2) is 4.39 Å². The van der Waals surface area contributed by atoms with Gasteiger partial charge in [0, 0.05) is 16.1 Å². The van der Waals surface area contributed by atoms with Gasteiger partial charge in [0.1, 0.15) is 11.6 Å². The predicted octanol–water partition coefficient (Wildman–Crippen LogP) is 5.47. The summed E-state index contributed by atoms with van der Waals surface area (Å²) < 4.78 is 19.2. The summed E-state index contributed by atoms with van der Waals surface area (Å²) in [7, 11) is 1.52. The average molecular weight is 320 g/mol. The fourth-order valence-corrected chi connectivity index (χ4v) is 2.49. The van der Waals surface area contributed by atoms with Crippen molar-refractivity contribution in [2.75, 3.05) is 7.11 Å². The highest BCUT2D eigenvalue weighted by atomic mass is 35.5. The minimum absolute atomic E-state index is 0.0316. The Labute approximate surface area is 125 Å². The molecule has 2 aromatic carbocycles. The lowest BCUT2D eigenvalue weighted by Gasteiger charge is -2.15. The van der Waals surface area contributed by atoms with Crippen molar-refractivity contribution >= 4 is 34.8 Å². The van der Waals surface area contributed by atoms with Crippen molar-refractivity contribution in [3.05, 3.63) is 63.4 Å². The highest BCUT2D eigenvalue weighted by Crippen LogP contribution is 2.38. The number of methoxy groups -OCH3 is 1. The smallest absolute Gasteiger partial charge is 0.146 e. The van der Waals surface area contributed by atoms with Gasteiger partial charge >= 0.3 is 0 Å². The second kappa shape index (κ2) is 6.00. The van der Waals surface area contributed by atoms with Crippen LogP contribution in [0.2, 0.25) is 10.0 Å². The van der Waals surface area contributed by atoms with Crippen molar-refractivity contribution in [3.8, 4) is 5.75 Å². The Balaban J connectivity index is 2.52. The largest absolute Gasteiger partial charge is 0.496 e. The predicted molar refractivity (Wildman–Crippen MR) is 77.1 cm³/mol. The maximum atomic E-state index is 14.0. The number of alkyl halides is 1. The van der Waals surface area contributed by atoms with Crippen molar-refractivity contribution in [3.63, 3.8) is 0 Å². The van der Waals surface area contributed by atoms with E-state index in [9.17, 15) is 4.39 Å². The molecule has 0 fully saturated rings. The molecule has 0 saturated heterocycles. The maximum absolute atomic E-state index is 14.0. The van der Waals surface area contributed by atoms with E-state index in [2.05, 4.69) is 0 Å². The van der Waals surface area contributed by atoms with Crippen molar-refractivity contribution in [1.82, 2.24) is 0 Å². The van der Waals surface area contributed by atoms with E-state index in [0.29, 0.717) is 16.3 Å². The highest BCUT2D eigenvalue weighted by molar-refractivity contribution is 6.31. The Morgan fingerprint density at radius 3 is 2.53 bits per heavy atom. The molecule has 0 amide bonds. The Hall–Kier alpha value is -0.960. The first-order valence-corrected chi connectivity index (χ1v) is 6.65. The van der Waals surface area contributed by atoms with Crippen LogP contribution in [-0.2, 0) is 0 Å². The van der Waals surface area contributed by atoms with Crippen molar-refractivity contribution in [2.24, 2.45) is 0 Å². The Kier molecular flexibility index (Phi) is 4.56. The number of hydrogen-bond acceptors (Lipinski definition) is 1. The Bertz CT molecular complexity index is 601. The first-order chi connectivity index (χ1) is 9.04. The van der Waals surface area contributed by atoms with Crippen LogP contribution in [0.25, 0.3) is 0 Å². The normalized spacial score (nSPS) is 12.3. The van der Waals surface area contributed by atoms with E-state index in [1.807, 2.05) is 0 Å². The summed E-state index contributed by atoms with van der Waals surface area (Å²) in [5, 5.41) is -0.194. The van der Waals surface area contributed by atoms with E-state index in [4.69, 9.17) is 39.5 Å². The fraction of sp³-hybridized carbons (Fsp3) is 0.143. The summed E-state index contributed by atoms with van der Waals surface area (Å²) in [6.07, 6.45) is 0.